The summed E-state index contributed by atoms with van der Waals surface area (Å²) in [6.07, 6.45) is 3.60. The number of hydrogen-bond donors (Lipinski definition) is 1. The number of primary amides is 1. The smallest absolute Gasteiger partial charge is 0.267 e. The van der Waals surface area contributed by atoms with Gasteiger partial charge in [0.25, 0.3) is 5.91 Å². The Hall–Kier alpha value is -1.38. The van der Waals surface area contributed by atoms with Crippen LogP contribution in [0.3, 0.4) is 0 Å². The van der Waals surface area contributed by atoms with Gasteiger partial charge in [-0.1, -0.05) is 33.3 Å². The first kappa shape index (κ1) is 12.6. The van der Waals surface area contributed by atoms with Crippen LogP contribution in [0, 0.1) is 0 Å². The number of carbonyl (C=O) groups excluding carboxylic acids is 1. The van der Waals surface area contributed by atoms with Crippen LogP contribution < -0.4 is 5.73 Å². The molecular formula is C11H18N2O. The van der Waals surface area contributed by atoms with Crippen molar-refractivity contribution in [3.8, 4) is 0 Å². The van der Waals surface area contributed by atoms with Crippen LogP contribution in [-0.2, 0) is 6.42 Å². The predicted molar refractivity (Wildman–Crippen MR) is 58.1 cm³/mol. The summed E-state index contributed by atoms with van der Waals surface area (Å²) in [6.45, 7) is 6.21. The van der Waals surface area contributed by atoms with Gasteiger partial charge in [0.1, 0.15) is 5.69 Å². The molecule has 1 aromatic rings. The van der Waals surface area contributed by atoms with Crippen LogP contribution in [0.2, 0.25) is 0 Å². The number of nitrogens with two attached hydrogens (primary N) is 1. The van der Waals surface area contributed by atoms with Crippen LogP contribution in [0.1, 0.15) is 43.2 Å². The van der Waals surface area contributed by atoms with Crippen molar-refractivity contribution < 1.29 is 4.79 Å². The van der Waals surface area contributed by atoms with Crippen molar-refractivity contribution >= 4 is 5.91 Å². The SMILES string of the molecule is CCC.CCc1cccnc1C(N)=O. The van der Waals surface area contributed by atoms with Crippen molar-refractivity contribution in [3.63, 3.8) is 0 Å². The third-order valence-corrected chi connectivity index (χ3v) is 1.51. The van der Waals surface area contributed by atoms with Gasteiger partial charge in [0.15, 0.2) is 0 Å². The van der Waals surface area contributed by atoms with Crippen LogP contribution in [0.25, 0.3) is 0 Å². The normalized spacial score (nSPS) is 8.79. The lowest BCUT2D eigenvalue weighted by Crippen LogP contribution is -2.15. The summed E-state index contributed by atoms with van der Waals surface area (Å²) in [7, 11) is 0. The standard InChI is InChI=1S/C8H10N2O.C3H8/c1-2-6-4-3-5-10-7(6)8(9)11;1-3-2/h3-5H,2H2,1H3,(H2,9,11);3H2,1-2H3. The van der Waals surface area contributed by atoms with Gasteiger partial charge < -0.3 is 5.73 Å². The zero-order valence-corrected chi connectivity index (χ0v) is 9.08. The van der Waals surface area contributed by atoms with Gasteiger partial charge in [-0.05, 0) is 18.1 Å². The summed E-state index contributed by atoms with van der Waals surface area (Å²) in [5.74, 6) is -0.456. The third-order valence-electron chi connectivity index (χ3n) is 1.51. The Bertz CT molecular complexity index is 284. The maximum absolute atomic E-state index is 10.7. The second kappa shape index (κ2) is 7.06. The first-order valence-electron chi connectivity index (χ1n) is 4.90. The summed E-state index contributed by atoms with van der Waals surface area (Å²) in [5, 5.41) is 0. The van der Waals surface area contributed by atoms with E-state index in [1.54, 1.807) is 12.3 Å². The Labute approximate surface area is 85.3 Å². The van der Waals surface area contributed by atoms with Crippen LogP contribution in [0.5, 0.6) is 0 Å². The van der Waals surface area contributed by atoms with Gasteiger partial charge in [-0.3, -0.25) is 9.78 Å². The van der Waals surface area contributed by atoms with E-state index in [9.17, 15) is 4.79 Å². The van der Waals surface area contributed by atoms with E-state index in [4.69, 9.17) is 5.73 Å². The van der Waals surface area contributed by atoms with Gasteiger partial charge in [0.05, 0.1) is 0 Å². The van der Waals surface area contributed by atoms with Gasteiger partial charge in [0.2, 0.25) is 0 Å². The summed E-state index contributed by atoms with van der Waals surface area (Å²) >= 11 is 0. The fourth-order valence-electron chi connectivity index (χ4n) is 0.946. The number of aryl methyl sites for hydroxylation is 1. The van der Waals surface area contributed by atoms with E-state index in [-0.39, 0.29) is 0 Å². The van der Waals surface area contributed by atoms with E-state index >= 15 is 0 Å². The average molecular weight is 194 g/mol. The van der Waals surface area contributed by atoms with E-state index in [1.807, 2.05) is 13.0 Å². The van der Waals surface area contributed by atoms with Crippen molar-refractivity contribution in [3.05, 3.63) is 29.6 Å². The highest BCUT2D eigenvalue weighted by Crippen LogP contribution is 2.04. The molecule has 0 bridgehead atoms. The largest absolute Gasteiger partial charge is 0.364 e. The molecule has 1 aromatic heterocycles. The zero-order chi connectivity index (χ0) is 11.0. The van der Waals surface area contributed by atoms with E-state index in [1.165, 1.54) is 6.42 Å². The number of pyridine rings is 1. The average Bonchev–Trinajstić information content (AvgIpc) is 2.19. The molecule has 0 aliphatic heterocycles. The van der Waals surface area contributed by atoms with Gasteiger partial charge >= 0.3 is 0 Å². The van der Waals surface area contributed by atoms with Crippen molar-refractivity contribution in [2.45, 2.75) is 33.6 Å². The van der Waals surface area contributed by atoms with Crippen LogP contribution in [0.4, 0.5) is 0 Å². The Morgan fingerprint density at radius 3 is 2.36 bits per heavy atom. The Morgan fingerprint density at radius 2 is 2.00 bits per heavy atom. The lowest BCUT2D eigenvalue weighted by molar-refractivity contribution is 0.0994. The molecule has 0 aromatic carbocycles. The lowest BCUT2D eigenvalue weighted by atomic mass is 10.1. The quantitative estimate of drug-likeness (QED) is 0.784. The number of carbonyl (C=O) groups is 1. The van der Waals surface area contributed by atoms with Crippen molar-refractivity contribution in [2.24, 2.45) is 5.73 Å². The van der Waals surface area contributed by atoms with Gasteiger partial charge in [0, 0.05) is 6.20 Å². The van der Waals surface area contributed by atoms with Crippen LogP contribution >= 0.6 is 0 Å². The van der Waals surface area contributed by atoms with Crippen molar-refractivity contribution in [2.75, 3.05) is 0 Å². The number of amides is 1. The van der Waals surface area contributed by atoms with Gasteiger partial charge in [-0.25, -0.2) is 0 Å². The first-order chi connectivity index (χ1) is 6.67. The molecular weight excluding hydrogens is 176 g/mol. The molecule has 14 heavy (non-hydrogen) atoms. The molecule has 0 aliphatic carbocycles. The van der Waals surface area contributed by atoms with E-state index in [2.05, 4.69) is 18.8 Å². The molecule has 0 radical (unpaired) electrons. The number of hydrogen-bond acceptors (Lipinski definition) is 2. The molecule has 0 aliphatic rings. The Balaban J connectivity index is 0.000000500. The highest BCUT2D eigenvalue weighted by molar-refractivity contribution is 5.92. The molecule has 0 saturated heterocycles. The monoisotopic (exact) mass is 194 g/mol. The first-order valence-corrected chi connectivity index (χ1v) is 4.90. The minimum absolute atomic E-state index is 0.384. The summed E-state index contributed by atoms with van der Waals surface area (Å²) in [6, 6.07) is 3.65. The maximum Gasteiger partial charge on any atom is 0.267 e. The maximum atomic E-state index is 10.7. The Morgan fingerprint density at radius 1 is 1.43 bits per heavy atom. The molecule has 1 heterocycles. The number of aromatic nitrogens is 1. The fourth-order valence-corrected chi connectivity index (χ4v) is 0.946. The van der Waals surface area contributed by atoms with Crippen molar-refractivity contribution in [1.29, 1.82) is 0 Å². The second-order valence-corrected chi connectivity index (χ2v) is 2.94. The van der Waals surface area contributed by atoms with Gasteiger partial charge in [-0.15, -0.1) is 0 Å². The third kappa shape index (κ3) is 4.03. The molecule has 1 rings (SSSR count). The van der Waals surface area contributed by atoms with Crippen molar-refractivity contribution in [1.82, 2.24) is 4.98 Å². The van der Waals surface area contributed by atoms with E-state index < -0.39 is 5.91 Å². The highest BCUT2D eigenvalue weighted by atomic mass is 16.1. The molecule has 2 N–H and O–H groups in total. The van der Waals surface area contributed by atoms with Crippen LogP contribution in [-0.4, -0.2) is 10.9 Å². The molecule has 0 spiro atoms. The molecule has 78 valence electrons. The summed E-state index contributed by atoms with van der Waals surface area (Å²) < 4.78 is 0. The highest BCUT2D eigenvalue weighted by Gasteiger charge is 2.05. The van der Waals surface area contributed by atoms with E-state index in [0.717, 1.165) is 12.0 Å². The predicted octanol–water partition coefficient (Wildman–Crippen LogP) is 2.16. The lowest BCUT2D eigenvalue weighted by Gasteiger charge is -2.00. The summed E-state index contributed by atoms with van der Waals surface area (Å²) in [4.78, 5) is 14.6. The Kier molecular flexibility index (Phi) is 6.37. The minimum Gasteiger partial charge on any atom is -0.364 e. The zero-order valence-electron chi connectivity index (χ0n) is 9.08. The minimum atomic E-state index is -0.456. The molecule has 3 nitrogen and oxygen atoms in total. The molecule has 0 unspecified atom stereocenters. The molecule has 0 saturated carbocycles. The molecule has 1 amide bonds. The fraction of sp³-hybridized carbons (Fsp3) is 0.455. The molecule has 3 heteroatoms. The second-order valence-electron chi connectivity index (χ2n) is 2.94. The summed E-state index contributed by atoms with van der Waals surface area (Å²) in [5.41, 5.74) is 6.38. The molecule has 0 fully saturated rings. The topological polar surface area (TPSA) is 56.0 Å². The number of nitrogens with zero attached hydrogens (tertiary/aromatic N) is 1. The van der Waals surface area contributed by atoms with Gasteiger partial charge in [-0.2, -0.15) is 0 Å². The van der Waals surface area contributed by atoms with E-state index in [0.29, 0.717) is 5.69 Å². The van der Waals surface area contributed by atoms with Crippen LogP contribution in [0.15, 0.2) is 18.3 Å². The number of rotatable bonds is 2. The molecule has 0 atom stereocenters.